The largest absolute Gasteiger partial charge is 0.507 e. The number of nitrogens with one attached hydrogen (secondary N) is 1. The summed E-state index contributed by atoms with van der Waals surface area (Å²) in [7, 11) is 1.31. The summed E-state index contributed by atoms with van der Waals surface area (Å²) in [6.07, 6.45) is 0.706. The van der Waals surface area contributed by atoms with Crippen molar-refractivity contribution in [3.8, 4) is 5.75 Å². The summed E-state index contributed by atoms with van der Waals surface area (Å²) in [5, 5.41) is 12.4. The fraction of sp³-hybridized carbons (Fsp3) is 0.333. The number of amides is 1. The zero-order valence-electron chi connectivity index (χ0n) is 9.90. The van der Waals surface area contributed by atoms with E-state index in [1.165, 1.54) is 25.3 Å². The van der Waals surface area contributed by atoms with Gasteiger partial charge in [-0.2, -0.15) is 0 Å². The molecular formula is C12H14ClNO4. The highest BCUT2D eigenvalue weighted by atomic mass is 35.5. The molecule has 0 aliphatic heterocycles. The maximum atomic E-state index is 11.7. The second-order valence-corrected chi connectivity index (χ2v) is 4.03. The first-order chi connectivity index (χ1) is 8.54. The number of benzene rings is 1. The maximum Gasteiger partial charge on any atom is 0.305 e. The van der Waals surface area contributed by atoms with Crippen molar-refractivity contribution >= 4 is 23.5 Å². The molecule has 1 aromatic rings. The molecule has 0 saturated heterocycles. The molecule has 1 aromatic carbocycles. The van der Waals surface area contributed by atoms with Crippen molar-refractivity contribution in [2.75, 3.05) is 13.7 Å². The first-order valence-electron chi connectivity index (χ1n) is 5.38. The molecule has 0 aliphatic rings. The minimum absolute atomic E-state index is 0.112. The van der Waals surface area contributed by atoms with E-state index in [4.69, 9.17) is 11.6 Å². The molecule has 2 N–H and O–H groups in total. The monoisotopic (exact) mass is 271 g/mol. The molecule has 0 aliphatic carbocycles. The van der Waals surface area contributed by atoms with Crippen molar-refractivity contribution in [1.82, 2.24) is 5.32 Å². The normalized spacial score (nSPS) is 9.89. The zero-order valence-corrected chi connectivity index (χ0v) is 10.7. The Morgan fingerprint density at radius 3 is 2.83 bits per heavy atom. The molecule has 5 nitrogen and oxygen atoms in total. The lowest BCUT2D eigenvalue weighted by Gasteiger charge is -2.06. The van der Waals surface area contributed by atoms with Crippen molar-refractivity contribution < 1.29 is 19.4 Å². The van der Waals surface area contributed by atoms with E-state index in [0.717, 1.165) is 0 Å². The predicted molar refractivity (Wildman–Crippen MR) is 66.7 cm³/mol. The van der Waals surface area contributed by atoms with Crippen molar-refractivity contribution in [3.05, 3.63) is 28.8 Å². The lowest BCUT2D eigenvalue weighted by atomic mass is 10.2. The smallest absolute Gasteiger partial charge is 0.305 e. The van der Waals surface area contributed by atoms with E-state index < -0.39 is 5.91 Å². The lowest BCUT2D eigenvalue weighted by molar-refractivity contribution is -0.140. The standard InChI is InChI=1S/C12H14ClNO4/c1-18-11(16)3-2-6-14-12(17)9-7-8(13)4-5-10(9)15/h4-5,7,15H,2-3,6H2,1H3,(H,14,17). The van der Waals surface area contributed by atoms with Crippen LogP contribution in [0.2, 0.25) is 5.02 Å². The van der Waals surface area contributed by atoms with E-state index in [1.54, 1.807) is 0 Å². The molecule has 0 aromatic heterocycles. The van der Waals surface area contributed by atoms with E-state index in [1.807, 2.05) is 0 Å². The number of aromatic hydroxyl groups is 1. The van der Waals surface area contributed by atoms with Gasteiger partial charge in [0.1, 0.15) is 5.75 Å². The van der Waals surface area contributed by atoms with Gasteiger partial charge in [0.15, 0.2) is 0 Å². The van der Waals surface area contributed by atoms with Gasteiger partial charge in [-0.05, 0) is 24.6 Å². The third-order valence-corrected chi connectivity index (χ3v) is 2.51. The minimum atomic E-state index is -0.431. The summed E-state index contributed by atoms with van der Waals surface area (Å²) < 4.78 is 4.47. The van der Waals surface area contributed by atoms with Gasteiger partial charge in [-0.15, -0.1) is 0 Å². The maximum absolute atomic E-state index is 11.7. The van der Waals surface area contributed by atoms with Crippen LogP contribution in [0.15, 0.2) is 18.2 Å². The molecule has 0 unspecified atom stereocenters. The van der Waals surface area contributed by atoms with Crippen molar-refractivity contribution in [2.24, 2.45) is 0 Å². The second kappa shape index (κ2) is 6.86. The third-order valence-electron chi connectivity index (χ3n) is 2.27. The number of hydrogen-bond acceptors (Lipinski definition) is 4. The van der Waals surface area contributed by atoms with Crippen LogP contribution in [0.4, 0.5) is 0 Å². The number of phenolic OH excluding ortho intramolecular Hbond substituents is 1. The minimum Gasteiger partial charge on any atom is -0.507 e. The number of carbonyl (C=O) groups excluding carboxylic acids is 2. The van der Waals surface area contributed by atoms with Crippen LogP contribution in [0.1, 0.15) is 23.2 Å². The lowest BCUT2D eigenvalue weighted by Crippen LogP contribution is -2.25. The van der Waals surface area contributed by atoms with Crippen molar-refractivity contribution in [2.45, 2.75) is 12.8 Å². The first-order valence-corrected chi connectivity index (χ1v) is 5.76. The molecule has 0 radical (unpaired) electrons. The van der Waals surface area contributed by atoms with E-state index in [9.17, 15) is 14.7 Å². The molecule has 6 heteroatoms. The summed E-state index contributed by atoms with van der Waals surface area (Å²) in [5.74, 6) is -0.889. The highest BCUT2D eigenvalue weighted by molar-refractivity contribution is 6.31. The van der Waals surface area contributed by atoms with E-state index in [-0.39, 0.29) is 23.7 Å². The number of carbonyl (C=O) groups is 2. The summed E-state index contributed by atoms with van der Waals surface area (Å²) in [4.78, 5) is 22.5. The van der Waals surface area contributed by atoms with Gasteiger partial charge in [0.2, 0.25) is 0 Å². The highest BCUT2D eigenvalue weighted by Crippen LogP contribution is 2.21. The van der Waals surface area contributed by atoms with Gasteiger partial charge in [-0.25, -0.2) is 0 Å². The molecule has 0 saturated carbocycles. The Bertz CT molecular complexity index is 448. The number of hydrogen-bond donors (Lipinski definition) is 2. The summed E-state index contributed by atoms with van der Waals surface area (Å²) >= 11 is 5.73. The number of methoxy groups -OCH3 is 1. The Morgan fingerprint density at radius 1 is 1.44 bits per heavy atom. The van der Waals surface area contributed by atoms with Crippen LogP contribution >= 0.6 is 11.6 Å². The number of esters is 1. The van der Waals surface area contributed by atoms with Crippen LogP contribution < -0.4 is 5.32 Å². The number of phenols is 1. The van der Waals surface area contributed by atoms with Crippen molar-refractivity contribution in [3.63, 3.8) is 0 Å². The van der Waals surface area contributed by atoms with Gasteiger partial charge in [0.25, 0.3) is 5.91 Å². The zero-order chi connectivity index (χ0) is 13.5. The van der Waals surface area contributed by atoms with Crippen LogP contribution in [0.5, 0.6) is 5.75 Å². The topological polar surface area (TPSA) is 75.6 Å². The quantitative estimate of drug-likeness (QED) is 0.632. The number of rotatable bonds is 5. The Hall–Kier alpha value is -1.75. The van der Waals surface area contributed by atoms with Gasteiger partial charge < -0.3 is 15.2 Å². The third kappa shape index (κ3) is 4.25. The molecule has 0 fully saturated rings. The number of ether oxygens (including phenoxy) is 1. The van der Waals surface area contributed by atoms with Gasteiger partial charge in [-0.3, -0.25) is 9.59 Å². The van der Waals surface area contributed by atoms with Crippen LogP contribution in [-0.2, 0) is 9.53 Å². The van der Waals surface area contributed by atoms with Crippen LogP contribution in [0, 0.1) is 0 Å². The van der Waals surface area contributed by atoms with Crippen LogP contribution in [0.3, 0.4) is 0 Å². The van der Waals surface area contributed by atoms with Gasteiger partial charge in [0, 0.05) is 18.0 Å². The SMILES string of the molecule is COC(=O)CCCNC(=O)c1cc(Cl)ccc1O. The highest BCUT2D eigenvalue weighted by Gasteiger charge is 2.11. The summed E-state index contributed by atoms with van der Waals surface area (Å²) in [6, 6.07) is 4.23. The molecule has 98 valence electrons. The van der Waals surface area contributed by atoms with Crippen molar-refractivity contribution in [1.29, 1.82) is 0 Å². The van der Waals surface area contributed by atoms with Gasteiger partial charge >= 0.3 is 5.97 Å². The molecule has 1 amide bonds. The molecule has 1 rings (SSSR count). The molecule has 0 spiro atoms. The second-order valence-electron chi connectivity index (χ2n) is 3.60. The number of halogens is 1. The average Bonchev–Trinajstić information content (AvgIpc) is 2.36. The Labute approximate surface area is 110 Å². The molecule has 0 atom stereocenters. The van der Waals surface area contributed by atoms with E-state index >= 15 is 0 Å². The molecule has 0 bridgehead atoms. The molecule has 18 heavy (non-hydrogen) atoms. The first kappa shape index (κ1) is 14.3. The van der Waals surface area contributed by atoms with Gasteiger partial charge in [-0.1, -0.05) is 11.6 Å². The average molecular weight is 272 g/mol. The predicted octanol–water partition coefficient (Wildman–Crippen LogP) is 1.73. The summed E-state index contributed by atoms with van der Waals surface area (Å²) in [6.45, 7) is 0.319. The Kier molecular flexibility index (Phi) is 5.45. The van der Waals surface area contributed by atoms with Gasteiger partial charge in [0.05, 0.1) is 12.7 Å². The van der Waals surface area contributed by atoms with Crippen LogP contribution in [-0.4, -0.2) is 30.6 Å². The molecule has 0 heterocycles. The Balaban J connectivity index is 2.46. The summed E-state index contributed by atoms with van der Waals surface area (Å²) in [5.41, 5.74) is 0.112. The fourth-order valence-corrected chi connectivity index (χ4v) is 1.49. The molecular weight excluding hydrogens is 258 g/mol. The van der Waals surface area contributed by atoms with E-state index in [2.05, 4.69) is 10.1 Å². The Morgan fingerprint density at radius 2 is 2.17 bits per heavy atom. The van der Waals surface area contributed by atoms with E-state index in [0.29, 0.717) is 18.0 Å². The van der Waals surface area contributed by atoms with Crippen LogP contribution in [0.25, 0.3) is 0 Å². The fourth-order valence-electron chi connectivity index (χ4n) is 1.32.